The van der Waals surface area contributed by atoms with Crippen molar-refractivity contribution in [2.75, 3.05) is 14.2 Å². The smallest absolute Gasteiger partial charge is 0.339 e. The Labute approximate surface area is 119 Å². The molecule has 0 rings (SSSR count). The lowest BCUT2D eigenvalue weighted by Gasteiger charge is -2.05. The molecule has 0 amide bonds. The van der Waals surface area contributed by atoms with Gasteiger partial charge in [0.2, 0.25) is 0 Å². The Morgan fingerprint density at radius 2 is 1.74 bits per heavy atom. The van der Waals surface area contributed by atoms with E-state index in [1.807, 2.05) is 0 Å². The predicted octanol–water partition coefficient (Wildman–Crippen LogP) is 3.35. The lowest BCUT2D eigenvalue weighted by Crippen LogP contribution is -2.06. The largest absolute Gasteiger partial charge is 0.466 e. The fraction of sp³-hybridized carbons (Fsp3) is 0.571. The van der Waals surface area contributed by atoms with Crippen molar-refractivity contribution < 1.29 is 19.1 Å². The van der Waals surface area contributed by atoms with Crippen LogP contribution in [-0.4, -0.2) is 26.2 Å². The van der Waals surface area contributed by atoms with Gasteiger partial charge < -0.3 is 9.47 Å². The molecule has 0 aromatic carbocycles. The maximum absolute atomic E-state index is 11.6. The number of rotatable bonds is 8. The first-order valence-corrected chi connectivity index (χ1v) is 6.67. The summed E-state index contributed by atoms with van der Waals surface area (Å²) in [6, 6.07) is 0. The van der Waals surface area contributed by atoms with Crippen molar-refractivity contribution in [3.05, 3.63) is 22.8 Å². The molecule has 0 saturated heterocycles. The van der Waals surface area contributed by atoms with Gasteiger partial charge in [-0.3, -0.25) is 0 Å². The summed E-state index contributed by atoms with van der Waals surface area (Å²) in [4.78, 5) is 22.6. The third-order valence-corrected chi connectivity index (χ3v) is 2.93. The number of methoxy groups -OCH3 is 2. The van der Waals surface area contributed by atoms with Crippen LogP contribution in [-0.2, 0) is 19.1 Å². The van der Waals surface area contributed by atoms with Gasteiger partial charge in [0, 0.05) is 11.1 Å². The molecule has 0 aliphatic heterocycles. The molecular formula is C14H21ClO4. The first-order valence-electron chi connectivity index (χ1n) is 6.29. The van der Waals surface area contributed by atoms with Gasteiger partial charge in [-0.05, 0) is 18.9 Å². The number of hydrogen-bond acceptors (Lipinski definition) is 4. The molecule has 0 radical (unpaired) electrons. The van der Waals surface area contributed by atoms with E-state index in [-0.39, 0.29) is 5.57 Å². The summed E-state index contributed by atoms with van der Waals surface area (Å²) < 4.78 is 9.11. The standard InChI is InChI=1S/C14H21ClO4/c1-4-5-6-7-8-12(15)11(14(17)19-3)9-10-13(16)18-2/h9-10H,4-8H2,1-3H3/b10-9+,12-11+. The molecule has 0 N–H and O–H groups in total. The minimum atomic E-state index is -0.555. The average Bonchev–Trinajstić information content (AvgIpc) is 2.42. The minimum absolute atomic E-state index is 0.200. The van der Waals surface area contributed by atoms with E-state index in [9.17, 15) is 9.59 Å². The van der Waals surface area contributed by atoms with Gasteiger partial charge in [-0.2, -0.15) is 0 Å². The van der Waals surface area contributed by atoms with Gasteiger partial charge in [0.05, 0.1) is 19.8 Å². The molecule has 0 saturated carbocycles. The maximum Gasteiger partial charge on any atom is 0.339 e. The fourth-order valence-corrected chi connectivity index (χ4v) is 1.71. The molecule has 0 unspecified atom stereocenters. The zero-order valence-corrected chi connectivity index (χ0v) is 12.5. The number of halogens is 1. The molecule has 0 heterocycles. The van der Waals surface area contributed by atoms with Crippen LogP contribution in [0.4, 0.5) is 0 Å². The molecule has 4 nitrogen and oxygen atoms in total. The lowest BCUT2D eigenvalue weighted by molar-refractivity contribution is -0.135. The minimum Gasteiger partial charge on any atom is -0.466 e. The highest BCUT2D eigenvalue weighted by Gasteiger charge is 2.12. The highest BCUT2D eigenvalue weighted by atomic mass is 35.5. The number of carbonyl (C=O) groups is 2. The Hall–Kier alpha value is -1.29. The molecule has 0 spiro atoms. The molecule has 0 aliphatic rings. The summed E-state index contributed by atoms with van der Waals surface area (Å²) in [7, 11) is 2.54. The molecule has 0 aromatic rings. The summed E-state index contributed by atoms with van der Waals surface area (Å²) in [5.41, 5.74) is 0.200. The van der Waals surface area contributed by atoms with Crippen LogP contribution in [0.25, 0.3) is 0 Å². The van der Waals surface area contributed by atoms with Crippen LogP contribution in [0.5, 0.6) is 0 Å². The van der Waals surface area contributed by atoms with E-state index in [0.29, 0.717) is 11.5 Å². The van der Waals surface area contributed by atoms with E-state index in [2.05, 4.69) is 16.4 Å². The molecule has 108 valence electrons. The second kappa shape index (κ2) is 10.6. The molecule has 0 bridgehead atoms. The number of carbonyl (C=O) groups excluding carboxylic acids is 2. The zero-order chi connectivity index (χ0) is 14.7. The van der Waals surface area contributed by atoms with Gasteiger partial charge in [0.1, 0.15) is 0 Å². The first-order chi connectivity index (χ1) is 9.06. The molecule has 19 heavy (non-hydrogen) atoms. The summed E-state index contributed by atoms with van der Waals surface area (Å²) in [6.07, 6.45) is 7.31. The Morgan fingerprint density at radius 1 is 1.05 bits per heavy atom. The van der Waals surface area contributed by atoms with Crippen LogP contribution in [0.15, 0.2) is 22.8 Å². The number of hydrogen-bond donors (Lipinski definition) is 0. The van der Waals surface area contributed by atoms with Crippen LogP contribution >= 0.6 is 11.6 Å². The zero-order valence-electron chi connectivity index (χ0n) is 11.7. The Bertz CT molecular complexity index is 358. The number of esters is 2. The van der Waals surface area contributed by atoms with E-state index in [4.69, 9.17) is 11.6 Å². The quantitative estimate of drug-likeness (QED) is 0.297. The second-order valence-electron chi connectivity index (χ2n) is 3.98. The number of unbranched alkanes of at least 4 members (excludes halogenated alkanes) is 3. The summed E-state index contributed by atoms with van der Waals surface area (Å²) in [5, 5.41) is 0.406. The van der Waals surface area contributed by atoms with Crippen LogP contribution in [0.1, 0.15) is 39.0 Å². The van der Waals surface area contributed by atoms with Crippen LogP contribution < -0.4 is 0 Å². The SMILES string of the molecule is CCCCCC/C(Cl)=C(/C=C/C(=O)OC)C(=O)OC. The van der Waals surface area contributed by atoms with E-state index in [1.165, 1.54) is 20.3 Å². The highest BCUT2D eigenvalue weighted by Crippen LogP contribution is 2.20. The van der Waals surface area contributed by atoms with Gasteiger partial charge in [-0.15, -0.1) is 0 Å². The van der Waals surface area contributed by atoms with Crippen molar-refractivity contribution in [2.24, 2.45) is 0 Å². The van der Waals surface area contributed by atoms with E-state index in [1.54, 1.807) is 0 Å². The number of ether oxygens (including phenoxy) is 2. The van der Waals surface area contributed by atoms with Crippen LogP contribution in [0.3, 0.4) is 0 Å². The third kappa shape index (κ3) is 7.67. The predicted molar refractivity (Wildman–Crippen MR) is 74.8 cm³/mol. The monoisotopic (exact) mass is 288 g/mol. The normalized spacial score (nSPS) is 12.2. The fourth-order valence-electron chi connectivity index (χ4n) is 1.44. The highest BCUT2D eigenvalue weighted by molar-refractivity contribution is 6.32. The van der Waals surface area contributed by atoms with Gasteiger partial charge in [0.25, 0.3) is 0 Å². The summed E-state index contributed by atoms with van der Waals surface area (Å²) in [6.45, 7) is 2.12. The van der Waals surface area contributed by atoms with Gasteiger partial charge >= 0.3 is 11.9 Å². The first kappa shape index (κ1) is 17.7. The van der Waals surface area contributed by atoms with E-state index >= 15 is 0 Å². The van der Waals surface area contributed by atoms with Crippen molar-refractivity contribution >= 4 is 23.5 Å². The van der Waals surface area contributed by atoms with Crippen molar-refractivity contribution in [1.82, 2.24) is 0 Å². The lowest BCUT2D eigenvalue weighted by atomic mass is 10.1. The molecule has 0 aromatic heterocycles. The van der Waals surface area contributed by atoms with Crippen molar-refractivity contribution in [3.63, 3.8) is 0 Å². The number of allylic oxidation sites excluding steroid dienone is 1. The van der Waals surface area contributed by atoms with E-state index < -0.39 is 11.9 Å². The Balaban J connectivity index is 4.75. The van der Waals surface area contributed by atoms with Gasteiger partial charge in [0.15, 0.2) is 0 Å². The van der Waals surface area contributed by atoms with E-state index in [0.717, 1.165) is 31.8 Å². The molecule has 0 aliphatic carbocycles. The summed E-state index contributed by atoms with van der Waals surface area (Å²) in [5.74, 6) is -1.10. The molecule has 0 fully saturated rings. The molecule has 0 atom stereocenters. The van der Waals surface area contributed by atoms with Crippen LogP contribution in [0, 0.1) is 0 Å². The van der Waals surface area contributed by atoms with Gasteiger partial charge in [-0.1, -0.05) is 37.8 Å². The summed E-state index contributed by atoms with van der Waals surface area (Å²) >= 11 is 6.10. The second-order valence-corrected chi connectivity index (χ2v) is 4.43. The maximum atomic E-state index is 11.6. The van der Waals surface area contributed by atoms with Crippen molar-refractivity contribution in [1.29, 1.82) is 0 Å². The molecular weight excluding hydrogens is 268 g/mol. The topological polar surface area (TPSA) is 52.6 Å². The Kier molecular flexibility index (Phi) is 9.90. The molecule has 5 heteroatoms. The Morgan fingerprint density at radius 3 is 2.26 bits per heavy atom. The van der Waals surface area contributed by atoms with Crippen molar-refractivity contribution in [2.45, 2.75) is 39.0 Å². The van der Waals surface area contributed by atoms with Crippen LogP contribution in [0.2, 0.25) is 0 Å². The van der Waals surface area contributed by atoms with Crippen molar-refractivity contribution in [3.8, 4) is 0 Å². The van der Waals surface area contributed by atoms with Gasteiger partial charge in [-0.25, -0.2) is 9.59 Å². The average molecular weight is 289 g/mol. The third-order valence-electron chi connectivity index (χ3n) is 2.53.